The fourth-order valence-electron chi connectivity index (χ4n) is 4.70. The Kier molecular flexibility index (Phi) is 5.42. The Balaban J connectivity index is 1.74. The zero-order valence-corrected chi connectivity index (χ0v) is 16.8. The molecule has 4 rings (SSSR count). The Bertz CT molecular complexity index is 800. The summed E-state index contributed by atoms with van der Waals surface area (Å²) in [5, 5.41) is 0. The van der Waals surface area contributed by atoms with Gasteiger partial charge in [0.2, 0.25) is 0 Å². The lowest BCUT2D eigenvalue weighted by Crippen LogP contribution is -2.39. The topological polar surface area (TPSA) is 55.8 Å². The van der Waals surface area contributed by atoms with E-state index in [-0.39, 0.29) is 29.8 Å². The van der Waals surface area contributed by atoms with E-state index < -0.39 is 0 Å². The molecule has 0 N–H and O–H groups in total. The molecular formula is C23H29NO4. The van der Waals surface area contributed by atoms with Gasteiger partial charge in [-0.2, -0.15) is 0 Å². The van der Waals surface area contributed by atoms with Gasteiger partial charge in [0.05, 0.1) is 24.1 Å². The van der Waals surface area contributed by atoms with E-state index >= 15 is 0 Å². The molecule has 0 saturated heterocycles. The maximum atomic E-state index is 13.4. The second kappa shape index (κ2) is 7.98. The summed E-state index contributed by atoms with van der Waals surface area (Å²) in [6.07, 6.45) is 5.45. The largest absolute Gasteiger partial charge is 0.494 e. The van der Waals surface area contributed by atoms with Gasteiger partial charge in [0.15, 0.2) is 11.5 Å². The fraction of sp³-hybridized carbons (Fsp3) is 0.565. The Labute approximate surface area is 166 Å². The number of benzene rings is 1. The summed E-state index contributed by atoms with van der Waals surface area (Å²) in [5.74, 6) is 0.939. The van der Waals surface area contributed by atoms with Crippen LogP contribution >= 0.6 is 0 Å². The van der Waals surface area contributed by atoms with Gasteiger partial charge in [-0.25, -0.2) is 0 Å². The smallest absolute Gasteiger partial charge is 0.290 e. The molecule has 3 aliphatic rings. The molecule has 1 fully saturated rings. The first-order chi connectivity index (χ1) is 13.7. The molecule has 1 saturated carbocycles. The molecule has 0 aromatic heterocycles. The molecule has 2 aliphatic heterocycles. The second-order valence-electron chi connectivity index (χ2n) is 7.98. The van der Waals surface area contributed by atoms with Crippen LogP contribution in [0.3, 0.4) is 0 Å². The van der Waals surface area contributed by atoms with E-state index in [4.69, 9.17) is 9.47 Å². The average molecular weight is 383 g/mol. The third kappa shape index (κ3) is 3.21. The molecule has 3 unspecified atom stereocenters. The Morgan fingerprint density at radius 2 is 1.96 bits per heavy atom. The molecule has 1 amide bonds. The summed E-state index contributed by atoms with van der Waals surface area (Å²) in [6.45, 7) is 5.36. The molecular weight excluding hydrogens is 354 g/mol. The maximum Gasteiger partial charge on any atom is 0.290 e. The number of hydrogen-bond donors (Lipinski definition) is 0. The van der Waals surface area contributed by atoms with Crippen molar-refractivity contribution < 1.29 is 19.1 Å². The average Bonchev–Trinajstić information content (AvgIpc) is 2.99. The molecule has 1 aromatic rings. The maximum absolute atomic E-state index is 13.4. The van der Waals surface area contributed by atoms with Crippen LogP contribution in [0.5, 0.6) is 5.75 Å². The highest BCUT2D eigenvalue weighted by atomic mass is 16.5. The minimum Gasteiger partial charge on any atom is -0.494 e. The van der Waals surface area contributed by atoms with Crippen LogP contribution in [0.25, 0.3) is 0 Å². The number of carbonyl (C=O) groups excluding carboxylic acids is 2. The molecule has 1 aliphatic carbocycles. The zero-order chi connectivity index (χ0) is 19.7. The van der Waals surface area contributed by atoms with Gasteiger partial charge in [-0.05, 0) is 49.8 Å². The molecule has 0 bridgehead atoms. The molecule has 5 nitrogen and oxygen atoms in total. The second-order valence-corrected chi connectivity index (χ2v) is 7.98. The van der Waals surface area contributed by atoms with Gasteiger partial charge in [0.25, 0.3) is 5.91 Å². The number of rotatable bonds is 6. The lowest BCUT2D eigenvalue weighted by Gasteiger charge is -2.35. The van der Waals surface area contributed by atoms with Gasteiger partial charge in [0.1, 0.15) is 11.9 Å². The number of ether oxygens (including phenoxy) is 2. The van der Waals surface area contributed by atoms with Crippen molar-refractivity contribution in [2.75, 3.05) is 13.2 Å². The van der Waals surface area contributed by atoms with E-state index in [1.165, 1.54) is 0 Å². The van der Waals surface area contributed by atoms with Gasteiger partial charge in [-0.1, -0.05) is 32.4 Å². The summed E-state index contributed by atoms with van der Waals surface area (Å²) in [6, 6.07) is 7.43. The Morgan fingerprint density at radius 1 is 1.14 bits per heavy atom. The highest BCUT2D eigenvalue weighted by Gasteiger charge is 2.51. The molecule has 5 heteroatoms. The summed E-state index contributed by atoms with van der Waals surface area (Å²) in [5.41, 5.74) is 1.49. The van der Waals surface area contributed by atoms with Crippen LogP contribution in [0.1, 0.15) is 64.0 Å². The fourth-order valence-corrected chi connectivity index (χ4v) is 4.70. The van der Waals surface area contributed by atoms with E-state index in [1.54, 1.807) is 4.90 Å². The minimum atomic E-state index is -0.372. The normalized spacial score (nSPS) is 26.8. The van der Waals surface area contributed by atoms with Crippen LogP contribution in [0.2, 0.25) is 0 Å². The number of Topliss-reactive ketones (excluding diaryl/α,β-unsaturated/α-hetero) is 1. The van der Waals surface area contributed by atoms with Gasteiger partial charge in [-0.3, -0.25) is 9.59 Å². The van der Waals surface area contributed by atoms with Gasteiger partial charge in [-0.15, -0.1) is 0 Å². The molecule has 3 atom stereocenters. The van der Waals surface area contributed by atoms with Crippen LogP contribution in [-0.2, 0) is 14.3 Å². The lowest BCUT2D eigenvalue weighted by atomic mass is 9.77. The number of nitrogens with zero attached hydrogens (tertiary/aromatic N) is 1. The molecule has 150 valence electrons. The predicted molar refractivity (Wildman–Crippen MR) is 106 cm³/mol. The van der Waals surface area contributed by atoms with Gasteiger partial charge < -0.3 is 14.4 Å². The quantitative estimate of drug-likeness (QED) is 0.739. The van der Waals surface area contributed by atoms with E-state index in [2.05, 4.69) is 6.92 Å². The summed E-state index contributed by atoms with van der Waals surface area (Å²) >= 11 is 0. The summed E-state index contributed by atoms with van der Waals surface area (Å²) in [4.78, 5) is 28.4. The predicted octanol–water partition coefficient (Wildman–Crippen LogP) is 4.18. The van der Waals surface area contributed by atoms with Crippen molar-refractivity contribution in [2.45, 2.75) is 64.5 Å². The molecule has 1 aromatic carbocycles. The van der Waals surface area contributed by atoms with Crippen molar-refractivity contribution in [1.29, 1.82) is 0 Å². The highest BCUT2D eigenvalue weighted by Crippen LogP contribution is 2.47. The molecule has 2 heterocycles. The number of fused-ring (bicyclic) bond motifs is 1. The summed E-state index contributed by atoms with van der Waals surface area (Å²) < 4.78 is 11.9. The SMILES string of the molecule is CCCOc1cccc(C2C3=C(OC4CCCCC4C3=O)C(=O)N2CCC)c1. The third-order valence-electron chi connectivity index (χ3n) is 5.97. The van der Waals surface area contributed by atoms with E-state index in [9.17, 15) is 9.59 Å². The first kappa shape index (κ1) is 19.0. The third-order valence-corrected chi connectivity index (χ3v) is 5.97. The van der Waals surface area contributed by atoms with Crippen molar-refractivity contribution in [3.63, 3.8) is 0 Å². The Hall–Kier alpha value is -2.30. The number of amides is 1. The van der Waals surface area contributed by atoms with E-state index in [0.717, 1.165) is 49.8 Å². The monoisotopic (exact) mass is 383 g/mol. The minimum absolute atomic E-state index is 0.107. The van der Waals surface area contributed by atoms with Crippen molar-refractivity contribution in [3.05, 3.63) is 41.2 Å². The first-order valence-electron chi connectivity index (χ1n) is 10.6. The van der Waals surface area contributed by atoms with E-state index in [0.29, 0.717) is 24.5 Å². The van der Waals surface area contributed by atoms with Crippen LogP contribution < -0.4 is 4.74 Å². The van der Waals surface area contributed by atoms with E-state index in [1.807, 2.05) is 31.2 Å². The zero-order valence-electron chi connectivity index (χ0n) is 16.8. The van der Waals surface area contributed by atoms with Crippen molar-refractivity contribution in [3.8, 4) is 5.75 Å². The standard InChI is InChI=1S/C23H29NO4/c1-3-12-24-20(15-8-7-9-16(14-15)27-13-4-2)19-21(25)17-10-5-6-11-18(17)28-22(19)23(24)26/h7-9,14,17-18,20H,3-6,10-13H2,1-2H3. The number of ketones is 1. The number of hydrogen-bond acceptors (Lipinski definition) is 4. The first-order valence-corrected chi connectivity index (χ1v) is 10.6. The molecule has 0 spiro atoms. The Morgan fingerprint density at radius 3 is 2.75 bits per heavy atom. The van der Waals surface area contributed by atoms with Crippen molar-refractivity contribution >= 4 is 11.7 Å². The van der Waals surface area contributed by atoms with Gasteiger partial charge >= 0.3 is 0 Å². The van der Waals surface area contributed by atoms with Crippen LogP contribution in [0.15, 0.2) is 35.6 Å². The van der Waals surface area contributed by atoms with Crippen molar-refractivity contribution in [2.24, 2.45) is 5.92 Å². The summed E-state index contributed by atoms with van der Waals surface area (Å²) in [7, 11) is 0. The molecule has 0 radical (unpaired) electrons. The number of carbonyl (C=O) groups is 2. The van der Waals surface area contributed by atoms with Crippen LogP contribution in [0, 0.1) is 5.92 Å². The molecule has 28 heavy (non-hydrogen) atoms. The van der Waals surface area contributed by atoms with Crippen LogP contribution in [-0.4, -0.2) is 35.8 Å². The van der Waals surface area contributed by atoms with Crippen LogP contribution in [0.4, 0.5) is 0 Å². The lowest BCUT2D eigenvalue weighted by molar-refractivity contribution is -0.135. The van der Waals surface area contributed by atoms with Gasteiger partial charge in [0, 0.05) is 6.54 Å². The highest BCUT2D eigenvalue weighted by molar-refractivity contribution is 6.11. The van der Waals surface area contributed by atoms with Crippen molar-refractivity contribution in [1.82, 2.24) is 4.90 Å².